The Kier molecular flexibility index (Phi) is 26.2. The first kappa shape index (κ1) is 44.8. The third-order valence-electron chi connectivity index (χ3n) is 10.8. The molecule has 0 atom stereocenters. The quantitative estimate of drug-likeness (QED) is 0.172. The van der Waals surface area contributed by atoms with E-state index >= 15 is 0 Å². The zero-order chi connectivity index (χ0) is 35.0. The predicted molar refractivity (Wildman–Crippen MR) is 209 cm³/mol. The molecule has 6 nitrogen and oxygen atoms in total. The van der Waals surface area contributed by atoms with Gasteiger partial charge in [0.15, 0.2) is 0 Å². The molecule has 0 unspecified atom stereocenters. The van der Waals surface area contributed by atoms with E-state index in [0.29, 0.717) is 6.10 Å². The van der Waals surface area contributed by atoms with E-state index in [-0.39, 0.29) is 0 Å². The van der Waals surface area contributed by atoms with E-state index in [1.54, 1.807) is 0 Å². The van der Waals surface area contributed by atoms with E-state index < -0.39 is 0 Å². The molecule has 2 N–H and O–H groups in total. The van der Waals surface area contributed by atoms with Crippen molar-refractivity contribution in [2.24, 2.45) is 23.7 Å². The number of ether oxygens (including phenoxy) is 1. The van der Waals surface area contributed by atoms with Crippen LogP contribution in [-0.4, -0.2) is 112 Å². The number of nitrogens with one attached hydrogen (secondary N) is 2. The van der Waals surface area contributed by atoms with Gasteiger partial charge in [-0.1, -0.05) is 61.8 Å². The predicted octanol–water partition coefficient (Wildman–Crippen LogP) is 8.55. The van der Waals surface area contributed by atoms with Gasteiger partial charge in [0.2, 0.25) is 0 Å². The molecule has 4 aliphatic rings. The average molecular weight is 666 g/mol. The summed E-state index contributed by atoms with van der Waals surface area (Å²) in [6.07, 6.45) is 19.5. The Bertz CT molecular complexity index is 649. The summed E-state index contributed by atoms with van der Waals surface area (Å²) in [6.45, 7) is 27.9. The van der Waals surface area contributed by atoms with Gasteiger partial charge in [0.05, 0.1) is 6.10 Å². The maximum atomic E-state index is 5.59. The molecule has 0 aromatic rings. The zero-order valence-electron chi connectivity index (χ0n) is 33.9. The molecule has 2 aliphatic heterocycles. The molecule has 0 amide bonds. The lowest BCUT2D eigenvalue weighted by molar-refractivity contribution is -0.00222. The van der Waals surface area contributed by atoms with Gasteiger partial charge in [-0.15, -0.1) is 0 Å². The van der Waals surface area contributed by atoms with Gasteiger partial charge in [0.1, 0.15) is 0 Å². The fourth-order valence-electron chi connectivity index (χ4n) is 6.26. The van der Waals surface area contributed by atoms with Gasteiger partial charge < -0.3 is 30.1 Å². The number of rotatable bonds is 16. The van der Waals surface area contributed by atoms with E-state index in [4.69, 9.17) is 4.74 Å². The van der Waals surface area contributed by atoms with Crippen molar-refractivity contribution in [1.82, 2.24) is 25.3 Å². The van der Waals surface area contributed by atoms with Gasteiger partial charge in [-0.05, 0) is 174 Å². The Balaban J connectivity index is 0.000000315. The first-order valence-electron chi connectivity index (χ1n) is 20.5. The molecule has 2 aliphatic carbocycles. The molecule has 0 aromatic heterocycles. The second-order valence-electron chi connectivity index (χ2n) is 17.1. The minimum Gasteiger partial charge on any atom is -0.378 e. The SMILES string of the molecule is CC(C)CCN(C)C1CCC1.CC(C)CCN(C)C1CCNCC1.CC(C)CCN(C)C1CCNCC1.CC(C)CCOC1CCC1. The zero-order valence-corrected chi connectivity index (χ0v) is 33.9. The Labute approximate surface area is 296 Å². The summed E-state index contributed by atoms with van der Waals surface area (Å²) >= 11 is 0. The van der Waals surface area contributed by atoms with Crippen LogP contribution in [0.25, 0.3) is 0 Å². The van der Waals surface area contributed by atoms with Crippen LogP contribution in [0.1, 0.15) is 145 Å². The topological polar surface area (TPSA) is 43.0 Å². The summed E-state index contributed by atoms with van der Waals surface area (Å²) in [5.74, 6) is 3.32. The van der Waals surface area contributed by atoms with Gasteiger partial charge in [-0.3, -0.25) is 0 Å². The minimum absolute atomic E-state index is 0.624. The second-order valence-corrected chi connectivity index (χ2v) is 17.1. The largest absolute Gasteiger partial charge is 0.378 e. The van der Waals surface area contributed by atoms with Crippen molar-refractivity contribution in [3.8, 4) is 0 Å². The average Bonchev–Trinajstić information content (AvgIpc) is 2.99. The molecule has 47 heavy (non-hydrogen) atoms. The van der Waals surface area contributed by atoms with Crippen molar-refractivity contribution in [2.45, 2.75) is 170 Å². The number of nitrogens with zero attached hydrogens (tertiary/aromatic N) is 3. The summed E-state index contributed by atoms with van der Waals surface area (Å²) < 4.78 is 5.59. The highest BCUT2D eigenvalue weighted by molar-refractivity contribution is 4.78. The molecule has 0 bridgehead atoms. The lowest BCUT2D eigenvalue weighted by atomic mass is 9.91. The second kappa shape index (κ2) is 27.5. The van der Waals surface area contributed by atoms with Gasteiger partial charge >= 0.3 is 0 Å². The van der Waals surface area contributed by atoms with Crippen LogP contribution in [0.5, 0.6) is 0 Å². The van der Waals surface area contributed by atoms with Gasteiger partial charge in [-0.2, -0.15) is 0 Å². The van der Waals surface area contributed by atoms with Gasteiger partial charge in [0.25, 0.3) is 0 Å². The molecule has 4 fully saturated rings. The van der Waals surface area contributed by atoms with E-state index in [0.717, 1.165) is 48.4 Å². The van der Waals surface area contributed by atoms with Crippen molar-refractivity contribution < 1.29 is 4.74 Å². The van der Waals surface area contributed by atoms with Crippen LogP contribution in [0.2, 0.25) is 0 Å². The summed E-state index contributed by atoms with van der Waals surface area (Å²) in [7, 11) is 6.82. The van der Waals surface area contributed by atoms with Gasteiger partial charge in [0, 0.05) is 24.7 Å². The standard InChI is InChI=1S/2C11H24N2.C10H21N.C9H18O/c2*1-10(2)6-9-13(3)11-4-7-12-8-5-11;1-9(2)7-8-11(3)10-5-4-6-10;1-8(2)6-7-10-9-4-3-5-9/h2*10-12H,4-9H2,1-3H3;9-10H,4-8H2,1-3H3;8-9H,3-7H2,1-2H3. The molecule has 282 valence electrons. The van der Waals surface area contributed by atoms with Crippen molar-refractivity contribution in [3.05, 3.63) is 0 Å². The molecule has 0 radical (unpaired) electrons. The molecule has 0 aromatic carbocycles. The normalized spacial score (nSPS) is 19.8. The fourth-order valence-corrected chi connectivity index (χ4v) is 6.26. The summed E-state index contributed by atoms with van der Waals surface area (Å²) in [5, 5.41) is 6.82. The Morgan fingerprint density at radius 1 is 0.468 bits per heavy atom. The summed E-state index contributed by atoms with van der Waals surface area (Å²) in [4.78, 5) is 7.62. The maximum Gasteiger partial charge on any atom is 0.0575 e. The van der Waals surface area contributed by atoms with E-state index in [1.165, 1.54) is 136 Å². The van der Waals surface area contributed by atoms with E-state index in [9.17, 15) is 0 Å². The van der Waals surface area contributed by atoms with Crippen LogP contribution in [0.4, 0.5) is 0 Å². The molecule has 2 heterocycles. The van der Waals surface area contributed by atoms with Crippen LogP contribution in [-0.2, 0) is 4.74 Å². The molecular formula is C41H87N5O. The minimum atomic E-state index is 0.624. The number of hydrogen-bond donors (Lipinski definition) is 2. The summed E-state index contributed by atoms with van der Waals surface area (Å²) in [6, 6.07) is 2.59. The third kappa shape index (κ3) is 23.7. The Morgan fingerprint density at radius 2 is 0.787 bits per heavy atom. The maximum absolute atomic E-state index is 5.59. The van der Waals surface area contributed by atoms with E-state index in [1.807, 2.05) is 0 Å². The van der Waals surface area contributed by atoms with Crippen LogP contribution < -0.4 is 10.6 Å². The number of piperidine rings is 2. The Morgan fingerprint density at radius 3 is 1.04 bits per heavy atom. The van der Waals surface area contributed by atoms with Crippen LogP contribution in [0.15, 0.2) is 0 Å². The van der Waals surface area contributed by atoms with Crippen LogP contribution in [0, 0.1) is 23.7 Å². The first-order chi connectivity index (χ1) is 22.4. The van der Waals surface area contributed by atoms with Crippen molar-refractivity contribution in [2.75, 3.05) is 73.6 Å². The van der Waals surface area contributed by atoms with Crippen molar-refractivity contribution in [3.63, 3.8) is 0 Å². The lowest BCUT2D eigenvalue weighted by Crippen LogP contribution is -2.41. The van der Waals surface area contributed by atoms with Crippen LogP contribution >= 0.6 is 0 Å². The highest BCUT2D eigenvalue weighted by Crippen LogP contribution is 2.24. The highest BCUT2D eigenvalue weighted by Gasteiger charge is 2.21. The molecule has 2 saturated heterocycles. The monoisotopic (exact) mass is 666 g/mol. The molecule has 0 spiro atoms. The highest BCUT2D eigenvalue weighted by atomic mass is 16.5. The number of hydrogen-bond acceptors (Lipinski definition) is 6. The van der Waals surface area contributed by atoms with E-state index in [2.05, 4.69) is 102 Å². The fraction of sp³-hybridized carbons (Fsp3) is 1.00. The first-order valence-corrected chi connectivity index (χ1v) is 20.5. The van der Waals surface area contributed by atoms with Crippen molar-refractivity contribution in [1.29, 1.82) is 0 Å². The third-order valence-corrected chi connectivity index (χ3v) is 10.8. The Hall–Kier alpha value is -0.240. The molecule has 4 rings (SSSR count). The van der Waals surface area contributed by atoms with Gasteiger partial charge in [-0.25, -0.2) is 0 Å². The lowest BCUT2D eigenvalue weighted by Gasteiger charge is -2.35. The molecule has 2 saturated carbocycles. The smallest absolute Gasteiger partial charge is 0.0575 e. The van der Waals surface area contributed by atoms with Crippen LogP contribution in [0.3, 0.4) is 0 Å². The summed E-state index contributed by atoms with van der Waals surface area (Å²) in [5.41, 5.74) is 0. The molecule has 6 heteroatoms. The molecular weight excluding hydrogens is 578 g/mol. The van der Waals surface area contributed by atoms with Crippen molar-refractivity contribution >= 4 is 0 Å².